The van der Waals surface area contributed by atoms with Crippen molar-refractivity contribution in [2.45, 2.75) is 19.1 Å². The number of carbonyl (C=O) groups excluding carboxylic acids is 4. The quantitative estimate of drug-likeness (QED) is 0.368. The van der Waals surface area contributed by atoms with Crippen LogP contribution in [0.3, 0.4) is 0 Å². The average molecular weight is 395 g/mol. The van der Waals surface area contributed by atoms with Gasteiger partial charge in [-0.3, -0.25) is 14.4 Å². The molecule has 154 valence electrons. The Morgan fingerprint density at radius 2 is 1.32 bits per heavy atom. The van der Waals surface area contributed by atoms with E-state index in [1.165, 1.54) is 14.0 Å². The number of nitrogens with one attached hydrogen (secondary N) is 1. The van der Waals surface area contributed by atoms with Crippen LogP contribution in [0.15, 0.2) is 30.3 Å². The van der Waals surface area contributed by atoms with Crippen LogP contribution in [0.5, 0.6) is 0 Å². The molecule has 9 nitrogen and oxygen atoms in total. The number of amides is 1. The minimum atomic E-state index is -1.43. The van der Waals surface area contributed by atoms with Gasteiger partial charge in [-0.05, 0) is 5.56 Å². The molecule has 0 aromatic heterocycles. The summed E-state index contributed by atoms with van der Waals surface area (Å²) in [4.78, 5) is 49.1. The standard InChI is InChI=1S/C19H25NO8/c1-11(13(17(22)26-3)18(23)27-4)14(19(24)28-5)20-16(21)15(25-2)12-9-7-6-8-10-12/h6-11,13-15H,1-5H3,(H,20,21)/t11-,14+,15-/m1/s1. The Morgan fingerprint density at radius 1 is 0.821 bits per heavy atom. The SMILES string of the molecule is COC(=O)C(C(=O)OC)[C@@H](C)[C@H](NC(=O)[C@H](OC)c1ccccc1)C(=O)OC. The van der Waals surface area contributed by atoms with Crippen molar-refractivity contribution in [1.29, 1.82) is 0 Å². The van der Waals surface area contributed by atoms with E-state index in [2.05, 4.69) is 14.8 Å². The van der Waals surface area contributed by atoms with Crippen molar-refractivity contribution in [3.05, 3.63) is 35.9 Å². The van der Waals surface area contributed by atoms with Gasteiger partial charge in [0.1, 0.15) is 6.04 Å². The molecule has 28 heavy (non-hydrogen) atoms. The Morgan fingerprint density at radius 3 is 1.75 bits per heavy atom. The van der Waals surface area contributed by atoms with Crippen LogP contribution in [0.4, 0.5) is 0 Å². The van der Waals surface area contributed by atoms with E-state index in [9.17, 15) is 19.2 Å². The molecule has 0 aliphatic heterocycles. The minimum Gasteiger partial charge on any atom is -0.468 e. The molecule has 0 aliphatic rings. The number of esters is 3. The lowest BCUT2D eigenvalue weighted by molar-refractivity contribution is -0.164. The van der Waals surface area contributed by atoms with Gasteiger partial charge in [0.05, 0.1) is 21.3 Å². The van der Waals surface area contributed by atoms with Gasteiger partial charge in [-0.2, -0.15) is 0 Å². The van der Waals surface area contributed by atoms with Crippen molar-refractivity contribution in [2.75, 3.05) is 28.4 Å². The van der Waals surface area contributed by atoms with Crippen molar-refractivity contribution >= 4 is 23.8 Å². The second-order valence-electron chi connectivity index (χ2n) is 5.92. The lowest BCUT2D eigenvalue weighted by atomic mass is 9.87. The van der Waals surface area contributed by atoms with Crippen LogP contribution in [-0.4, -0.2) is 58.3 Å². The first-order valence-electron chi connectivity index (χ1n) is 8.43. The molecule has 0 bridgehead atoms. The van der Waals surface area contributed by atoms with Crippen LogP contribution in [0, 0.1) is 11.8 Å². The molecule has 1 amide bonds. The van der Waals surface area contributed by atoms with Gasteiger partial charge < -0.3 is 24.3 Å². The van der Waals surface area contributed by atoms with Crippen LogP contribution in [0.1, 0.15) is 18.6 Å². The lowest BCUT2D eigenvalue weighted by Gasteiger charge is -2.28. The maximum atomic E-state index is 12.7. The van der Waals surface area contributed by atoms with Crippen LogP contribution in [0.2, 0.25) is 0 Å². The van der Waals surface area contributed by atoms with E-state index < -0.39 is 47.8 Å². The highest BCUT2D eigenvalue weighted by Crippen LogP contribution is 2.22. The van der Waals surface area contributed by atoms with Crippen LogP contribution in [-0.2, 0) is 38.1 Å². The second-order valence-corrected chi connectivity index (χ2v) is 5.92. The molecule has 0 unspecified atom stereocenters. The van der Waals surface area contributed by atoms with Gasteiger partial charge in [0.2, 0.25) is 0 Å². The first-order chi connectivity index (χ1) is 13.3. The third-order valence-electron chi connectivity index (χ3n) is 4.29. The Balaban J connectivity index is 3.16. The van der Waals surface area contributed by atoms with Crippen LogP contribution in [0.25, 0.3) is 0 Å². The van der Waals surface area contributed by atoms with Crippen molar-refractivity contribution in [3.8, 4) is 0 Å². The summed E-state index contributed by atoms with van der Waals surface area (Å²) < 4.78 is 19.2. The van der Waals surface area contributed by atoms with Crippen LogP contribution < -0.4 is 5.32 Å². The Kier molecular flexibility index (Phi) is 9.10. The van der Waals surface area contributed by atoms with Gasteiger partial charge in [-0.1, -0.05) is 37.3 Å². The largest absolute Gasteiger partial charge is 0.468 e. The highest BCUT2D eigenvalue weighted by Gasteiger charge is 2.43. The molecule has 9 heteroatoms. The number of carbonyl (C=O) groups is 4. The number of rotatable bonds is 9. The lowest BCUT2D eigenvalue weighted by Crippen LogP contribution is -2.52. The average Bonchev–Trinajstić information content (AvgIpc) is 2.72. The number of ether oxygens (including phenoxy) is 4. The van der Waals surface area contributed by atoms with Gasteiger partial charge >= 0.3 is 17.9 Å². The highest BCUT2D eigenvalue weighted by molar-refractivity contribution is 5.96. The van der Waals surface area contributed by atoms with E-state index in [1.807, 2.05) is 0 Å². The normalized spacial score (nSPS) is 13.8. The fourth-order valence-electron chi connectivity index (χ4n) is 2.76. The first kappa shape index (κ1) is 23.1. The third-order valence-corrected chi connectivity index (χ3v) is 4.29. The molecular weight excluding hydrogens is 370 g/mol. The molecule has 0 aliphatic carbocycles. The van der Waals surface area contributed by atoms with Crippen molar-refractivity contribution in [1.82, 2.24) is 5.32 Å². The zero-order chi connectivity index (χ0) is 21.3. The molecule has 0 heterocycles. The molecular formula is C19H25NO8. The van der Waals surface area contributed by atoms with Gasteiger partial charge in [0.25, 0.3) is 5.91 Å². The van der Waals surface area contributed by atoms with Crippen LogP contribution >= 0.6 is 0 Å². The molecule has 1 rings (SSSR count). The summed E-state index contributed by atoms with van der Waals surface area (Å²) in [6, 6.07) is 7.32. The smallest absolute Gasteiger partial charge is 0.328 e. The van der Waals surface area contributed by atoms with E-state index in [0.717, 1.165) is 21.3 Å². The second kappa shape index (κ2) is 11.0. The summed E-state index contributed by atoms with van der Waals surface area (Å²) in [5.74, 6) is -5.70. The van der Waals surface area contributed by atoms with Crippen molar-refractivity contribution < 1.29 is 38.1 Å². The third kappa shape index (κ3) is 5.53. The predicted molar refractivity (Wildman–Crippen MR) is 96.8 cm³/mol. The molecule has 0 fully saturated rings. The van der Waals surface area contributed by atoms with Crippen molar-refractivity contribution in [2.24, 2.45) is 11.8 Å². The fourth-order valence-corrected chi connectivity index (χ4v) is 2.76. The summed E-state index contributed by atoms with van der Waals surface area (Å²) in [6.45, 7) is 1.44. The monoisotopic (exact) mass is 395 g/mol. The highest BCUT2D eigenvalue weighted by atomic mass is 16.5. The number of hydrogen-bond acceptors (Lipinski definition) is 8. The summed E-state index contributed by atoms with van der Waals surface area (Å²) >= 11 is 0. The predicted octanol–water partition coefficient (Wildman–Crippen LogP) is 0.630. The van der Waals surface area contributed by atoms with E-state index in [1.54, 1.807) is 30.3 Å². The first-order valence-corrected chi connectivity index (χ1v) is 8.43. The summed E-state index contributed by atoms with van der Waals surface area (Å²) in [5.41, 5.74) is 0.566. The summed E-state index contributed by atoms with van der Waals surface area (Å²) in [6.07, 6.45) is -1.00. The Bertz CT molecular complexity index is 674. The zero-order valence-electron chi connectivity index (χ0n) is 16.5. The fraction of sp³-hybridized carbons (Fsp3) is 0.474. The summed E-state index contributed by atoms with van der Waals surface area (Å²) in [7, 11) is 4.68. The molecule has 1 N–H and O–H groups in total. The van der Waals surface area contributed by atoms with Gasteiger partial charge in [-0.25, -0.2) is 4.79 Å². The molecule has 1 aromatic rings. The Hall–Kier alpha value is -2.94. The topological polar surface area (TPSA) is 117 Å². The minimum absolute atomic E-state index is 0.566. The molecule has 0 saturated carbocycles. The number of benzene rings is 1. The summed E-state index contributed by atoms with van der Waals surface area (Å²) in [5, 5.41) is 2.50. The molecule has 1 aromatic carbocycles. The zero-order valence-corrected chi connectivity index (χ0v) is 16.5. The van der Waals surface area contributed by atoms with Gasteiger partial charge in [0.15, 0.2) is 12.0 Å². The van der Waals surface area contributed by atoms with Gasteiger partial charge in [-0.15, -0.1) is 0 Å². The molecule has 0 radical (unpaired) electrons. The van der Waals surface area contributed by atoms with E-state index in [4.69, 9.17) is 9.47 Å². The maximum Gasteiger partial charge on any atom is 0.328 e. The Labute approximate surface area is 163 Å². The van der Waals surface area contributed by atoms with Gasteiger partial charge in [0, 0.05) is 13.0 Å². The molecule has 0 spiro atoms. The molecule has 0 saturated heterocycles. The molecule has 3 atom stereocenters. The van der Waals surface area contributed by atoms with E-state index >= 15 is 0 Å². The van der Waals surface area contributed by atoms with E-state index in [-0.39, 0.29) is 0 Å². The number of hydrogen-bond donors (Lipinski definition) is 1. The number of methoxy groups -OCH3 is 4. The van der Waals surface area contributed by atoms with E-state index in [0.29, 0.717) is 5.56 Å². The maximum absolute atomic E-state index is 12.7. The van der Waals surface area contributed by atoms with Crippen molar-refractivity contribution in [3.63, 3.8) is 0 Å².